The third kappa shape index (κ3) is 5.38. The summed E-state index contributed by atoms with van der Waals surface area (Å²) < 4.78 is 5.03. The number of nitrogens with one attached hydrogen (secondary N) is 1. The predicted octanol–water partition coefficient (Wildman–Crippen LogP) is 1.99. The maximum Gasteiger partial charge on any atom is 0.409 e. The molecule has 1 N–H and O–H groups in total. The molecule has 0 saturated carbocycles. The Morgan fingerprint density at radius 2 is 1.89 bits per heavy atom. The lowest BCUT2D eigenvalue weighted by Crippen LogP contribution is -2.48. The fourth-order valence-corrected chi connectivity index (χ4v) is 3.72. The van der Waals surface area contributed by atoms with Gasteiger partial charge in [-0.25, -0.2) is 4.79 Å². The van der Waals surface area contributed by atoms with E-state index in [0.29, 0.717) is 39.0 Å². The summed E-state index contributed by atoms with van der Waals surface area (Å²) >= 11 is 5.52. The molecular formula is C20H26ClN3O4. The molecule has 2 saturated heterocycles. The highest BCUT2D eigenvalue weighted by atomic mass is 35.5. The van der Waals surface area contributed by atoms with E-state index in [2.05, 4.69) is 5.32 Å². The Kier molecular flexibility index (Phi) is 7.14. The van der Waals surface area contributed by atoms with Crippen molar-refractivity contribution in [2.45, 2.75) is 31.8 Å². The lowest BCUT2D eigenvalue weighted by Gasteiger charge is -2.32. The Hall–Kier alpha value is -2.28. The molecule has 2 fully saturated rings. The summed E-state index contributed by atoms with van der Waals surface area (Å²) in [6.07, 6.45) is 1.25. The van der Waals surface area contributed by atoms with Crippen LogP contribution in [0.15, 0.2) is 30.3 Å². The molecule has 0 spiro atoms. The minimum atomic E-state index is -0.358. The molecule has 3 rings (SSSR count). The van der Waals surface area contributed by atoms with E-state index in [1.54, 1.807) is 9.80 Å². The molecule has 1 aromatic rings. The number of ether oxygens (including phenoxy) is 1. The Balaban J connectivity index is 1.43. The number of nitrogens with zero attached hydrogens (tertiary/aromatic N) is 2. The zero-order chi connectivity index (χ0) is 19.9. The standard InChI is InChI=1S/C20H26ClN3O4/c21-8-11-28-20(27)23-9-6-17(7-10-23)22-19(26)16-12-18(25)24(14-16)13-15-4-2-1-3-5-15/h1-5,16-17H,6-14H2,(H,22,26). The zero-order valence-electron chi connectivity index (χ0n) is 15.8. The van der Waals surface area contributed by atoms with Crippen molar-refractivity contribution in [3.05, 3.63) is 35.9 Å². The largest absolute Gasteiger partial charge is 0.448 e. The monoisotopic (exact) mass is 407 g/mol. The van der Waals surface area contributed by atoms with E-state index in [9.17, 15) is 14.4 Å². The van der Waals surface area contributed by atoms with Gasteiger partial charge >= 0.3 is 6.09 Å². The van der Waals surface area contributed by atoms with Crippen molar-refractivity contribution in [1.29, 1.82) is 0 Å². The van der Waals surface area contributed by atoms with Crippen LogP contribution in [0, 0.1) is 5.92 Å². The van der Waals surface area contributed by atoms with Crippen LogP contribution in [0.2, 0.25) is 0 Å². The molecule has 1 aromatic carbocycles. The molecule has 0 aromatic heterocycles. The van der Waals surface area contributed by atoms with Gasteiger partial charge in [-0.15, -0.1) is 11.6 Å². The highest BCUT2D eigenvalue weighted by molar-refractivity contribution is 6.18. The lowest BCUT2D eigenvalue weighted by atomic mass is 10.0. The van der Waals surface area contributed by atoms with Gasteiger partial charge in [0.05, 0.1) is 11.8 Å². The fourth-order valence-electron chi connectivity index (χ4n) is 3.65. The molecule has 2 aliphatic rings. The van der Waals surface area contributed by atoms with Crippen LogP contribution in [0.5, 0.6) is 0 Å². The third-order valence-corrected chi connectivity index (χ3v) is 5.36. The predicted molar refractivity (Wildman–Crippen MR) is 105 cm³/mol. The summed E-state index contributed by atoms with van der Waals surface area (Å²) in [6.45, 7) is 2.26. The second kappa shape index (κ2) is 9.78. The third-order valence-electron chi connectivity index (χ3n) is 5.20. The number of alkyl halides is 1. The van der Waals surface area contributed by atoms with Crippen molar-refractivity contribution in [2.75, 3.05) is 32.1 Å². The van der Waals surface area contributed by atoms with Gasteiger partial charge in [-0.1, -0.05) is 30.3 Å². The SMILES string of the molecule is O=C(NC1CCN(C(=O)OCCCl)CC1)C1CC(=O)N(Cc2ccccc2)C1. The Morgan fingerprint density at radius 1 is 1.18 bits per heavy atom. The second-order valence-electron chi connectivity index (χ2n) is 7.23. The van der Waals surface area contributed by atoms with Gasteiger partial charge in [-0.2, -0.15) is 0 Å². The van der Waals surface area contributed by atoms with E-state index in [4.69, 9.17) is 16.3 Å². The molecule has 0 aliphatic carbocycles. The molecule has 7 nitrogen and oxygen atoms in total. The quantitative estimate of drug-likeness (QED) is 0.731. The van der Waals surface area contributed by atoms with Gasteiger partial charge in [-0.05, 0) is 18.4 Å². The molecular weight excluding hydrogens is 382 g/mol. The van der Waals surface area contributed by atoms with E-state index in [0.717, 1.165) is 5.56 Å². The van der Waals surface area contributed by atoms with Crippen LogP contribution in [-0.2, 0) is 20.9 Å². The van der Waals surface area contributed by atoms with E-state index < -0.39 is 0 Å². The molecule has 2 aliphatic heterocycles. The number of hydrogen-bond donors (Lipinski definition) is 1. The molecule has 0 bridgehead atoms. The van der Waals surface area contributed by atoms with Crippen molar-refractivity contribution >= 4 is 29.5 Å². The average Bonchev–Trinajstić information content (AvgIpc) is 3.08. The molecule has 8 heteroatoms. The number of carbonyl (C=O) groups excluding carboxylic acids is 3. The Labute approximate surface area is 169 Å². The van der Waals surface area contributed by atoms with Gasteiger partial charge in [0.25, 0.3) is 0 Å². The Morgan fingerprint density at radius 3 is 2.57 bits per heavy atom. The number of rotatable bonds is 6. The van der Waals surface area contributed by atoms with Crippen molar-refractivity contribution < 1.29 is 19.1 Å². The summed E-state index contributed by atoms with van der Waals surface area (Å²) in [4.78, 5) is 40.1. The van der Waals surface area contributed by atoms with Gasteiger partial charge in [0, 0.05) is 38.6 Å². The topological polar surface area (TPSA) is 79.0 Å². The second-order valence-corrected chi connectivity index (χ2v) is 7.61. The minimum Gasteiger partial charge on any atom is -0.448 e. The number of halogens is 1. The maximum atomic E-state index is 12.6. The molecule has 1 atom stereocenters. The summed E-state index contributed by atoms with van der Waals surface area (Å²) in [6, 6.07) is 9.80. The number of carbonyl (C=O) groups is 3. The van der Waals surface area contributed by atoms with Crippen LogP contribution in [0.4, 0.5) is 4.79 Å². The average molecular weight is 408 g/mol. The number of hydrogen-bond acceptors (Lipinski definition) is 4. The normalized spacial score (nSPS) is 20.3. The Bertz CT molecular complexity index is 692. The molecule has 152 valence electrons. The van der Waals surface area contributed by atoms with Crippen molar-refractivity contribution in [3.8, 4) is 0 Å². The van der Waals surface area contributed by atoms with Gasteiger partial charge in [0.1, 0.15) is 6.61 Å². The number of likely N-dealkylation sites (tertiary alicyclic amines) is 2. The zero-order valence-corrected chi connectivity index (χ0v) is 16.6. The van der Waals surface area contributed by atoms with Crippen LogP contribution in [0.3, 0.4) is 0 Å². The molecule has 2 heterocycles. The first-order chi connectivity index (χ1) is 13.6. The molecule has 28 heavy (non-hydrogen) atoms. The maximum absolute atomic E-state index is 12.6. The number of amides is 3. The van der Waals surface area contributed by atoms with E-state index in [1.165, 1.54) is 0 Å². The fraction of sp³-hybridized carbons (Fsp3) is 0.550. The smallest absolute Gasteiger partial charge is 0.409 e. The van der Waals surface area contributed by atoms with E-state index in [-0.39, 0.29) is 48.8 Å². The lowest BCUT2D eigenvalue weighted by molar-refractivity contribution is -0.129. The number of benzene rings is 1. The summed E-state index contributed by atoms with van der Waals surface area (Å²) in [5, 5.41) is 3.05. The highest BCUT2D eigenvalue weighted by Crippen LogP contribution is 2.21. The van der Waals surface area contributed by atoms with Gasteiger partial charge in [0.15, 0.2) is 0 Å². The van der Waals surface area contributed by atoms with Gasteiger partial charge in [-0.3, -0.25) is 9.59 Å². The first-order valence-electron chi connectivity index (χ1n) is 9.66. The minimum absolute atomic E-state index is 0.0147. The van der Waals surface area contributed by atoms with E-state index >= 15 is 0 Å². The first-order valence-corrected chi connectivity index (χ1v) is 10.2. The first kappa shape index (κ1) is 20.5. The van der Waals surface area contributed by atoms with Crippen LogP contribution < -0.4 is 5.32 Å². The summed E-state index contributed by atoms with van der Waals surface area (Å²) in [5.41, 5.74) is 1.06. The van der Waals surface area contributed by atoms with E-state index in [1.807, 2.05) is 30.3 Å². The van der Waals surface area contributed by atoms with Gasteiger partial charge < -0.3 is 19.9 Å². The molecule has 0 radical (unpaired) electrons. The van der Waals surface area contributed by atoms with Crippen molar-refractivity contribution in [2.24, 2.45) is 5.92 Å². The molecule has 1 unspecified atom stereocenters. The van der Waals surface area contributed by atoms with Crippen LogP contribution in [0.25, 0.3) is 0 Å². The number of piperidine rings is 1. The van der Waals surface area contributed by atoms with Crippen LogP contribution in [0.1, 0.15) is 24.8 Å². The van der Waals surface area contributed by atoms with Crippen molar-refractivity contribution in [1.82, 2.24) is 15.1 Å². The van der Waals surface area contributed by atoms with Crippen LogP contribution >= 0.6 is 11.6 Å². The highest BCUT2D eigenvalue weighted by Gasteiger charge is 2.35. The van der Waals surface area contributed by atoms with Gasteiger partial charge in [0.2, 0.25) is 11.8 Å². The van der Waals surface area contributed by atoms with Crippen molar-refractivity contribution in [3.63, 3.8) is 0 Å². The summed E-state index contributed by atoms with van der Waals surface area (Å²) in [5.74, 6) is -0.101. The van der Waals surface area contributed by atoms with Crippen LogP contribution in [-0.4, -0.2) is 65.9 Å². The summed E-state index contributed by atoms with van der Waals surface area (Å²) in [7, 11) is 0. The molecule has 3 amide bonds.